The average Bonchev–Trinajstić information content (AvgIpc) is 2.79. The van der Waals surface area contributed by atoms with E-state index >= 15 is 0 Å². The smallest absolute Gasteiger partial charge is 0.124 e. The molecule has 0 atom stereocenters. The van der Waals surface area contributed by atoms with Crippen LogP contribution in [0.2, 0.25) is 0 Å². The van der Waals surface area contributed by atoms with Gasteiger partial charge in [0.05, 0.1) is 16.9 Å². The van der Waals surface area contributed by atoms with Gasteiger partial charge in [-0.3, -0.25) is 0 Å². The Hall–Kier alpha value is -0.190. The lowest BCUT2D eigenvalue weighted by Gasteiger charge is -2.07. The summed E-state index contributed by atoms with van der Waals surface area (Å²) in [5.74, 6) is 2.72. The van der Waals surface area contributed by atoms with Crippen molar-refractivity contribution in [2.75, 3.05) is 12.0 Å². The molecule has 2 aromatic rings. The number of unbranched alkanes of at least 4 members (excludes halogenated alkanes) is 3. The Bertz CT molecular complexity index is 556. The second-order valence-electron chi connectivity index (χ2n) is 4.85. The molecule has 0 saturated carbocycles. The fourth-order valence-corrected chi connectivity index (χ4v) is 3.42. The predicted octanol–water partition coefficient (Wildman–Crippen LogP) is 5.46. The van der Waals surface area contributed by atoms with Crippen molar-refractivity contribution in [1.82, 2.24) is 9.55 Å². The first-order valence-electron chi connectivity index (χ1n) is 6.96. The summed E-state index contributed by atoms with van der Waals surface area (Å²) in [5, 5.41) is 0. The number of aromatic nitrogens is 2. The number of alkyl halides is 1. The number of rotatable bonds is 8. The Morgan fingerprint density at radius 3 is 2.80 bits per heavy atom. The van der Waals surface area contributed by atoms with Crippen molar-refractivity contribution in [3.8, 4) is 0 Å². The third kappa shape index (κ3) is 4.15. The van der Waals surface area contributed by atoms with E-state index in [9.17, 15) is 0 Å². The molecule has 0 saturated heterocycles. The number of hydrogen-bond donors (Lipinski definition) is 0. The fraction of sp³-hybridized carbons (Fsp3) is 0.533. The lowest BCUT2D eigenvalue weighted by molar-refractivity contribution is 0.582. The minimum absolute atomic E-state index is 0.471. The number of benzene rings is 1. The highest BCUT2D eigenvalue weighted by molar-refractivity contribution is 9.10. The minimum atomic E-state index is 0.471. The number of halogens is 2. The summed E-state index contributed by atoms with van der Waals surface area (Å²) in [6.07, 6.45) is 7.27. The van der Waals surface area contributed by atoms with Gasteiger partial charge in [0, 0.05) is 11.0 Å². The molecule has 1 aromatic carbocycles. The first-order chi connectivity index (χ1) is 9.76. The highest BCUT2D eigenvalue weighted by Gasteiger charge is 2.09. The van der Waals surface area contributed by atoms with Crippen LogP contribution in [0.5, 0.6) is 0 Å². The summed E-state index contributed by atoms with van der Waals surface area (Å²) in [6, 6.07) is 6.24. The first-order valence-corrected chi connectivity index (χ1v) is 9.68. The Balaban J connectivity index is 2.01. The van der Waals surface area contributed by atoms with Crippen LogP contribution in [-0.4, -0.2) is 21.6 Å². The van der Waals surface area contributed by atoms with E-state index in [1.54, 1.807) is 0 Å². The van der Waals surface area contributed by atoms with Crippen LogP contribution in [0.1, 0.15) is 31.5 Å². The zero-order valence-corrected chi connectivity index (χ0v) is 14.9. The monoisotopic (exact) mass is 374 g/mol. The molecule has 20 heavy (non-hydrogen) atoms. The van der Waals surface area contributed by atoms with Crippen molar-refractivity contribution < 1.29 is 0 Å². The minimum Gasteiger partial charge on any atom is -0.327 e. The van der Waals surface area contributed by atoms with Crippen molar-refractivity contribution in [2.24, 2.45) is 0 Å². The molecule has 0 bridgehead atoms. The van der Waals surface area contributed by atoms with E-state index < -0.39 is 0 Å². The Labute approximate surface area is 138 Å². The summed E-state index contributed by atoms with van der Waals surface area (Å²) >= 11 is 11.4. The van der Waals surface area contributed by atoms with E-state index in [4.69, 9.17) is 11.6 Å². The fourth-order valence-electron chi connectivity index (χ4n) is 2.37. The zero-order chi connectivity index (χ0) is 14.4. The molecule has 5 heteroatoms. The maximum absolute atomic E-state index is 6.03. The topological polar surface area (TPSA) is 17.8 Å². The van der Waals surface area contributed by atoms with Crippen molar-refractivity contribution >= 4 is 50.3 Å². The molecule has 2 rings (SSSR count). The Morgan fingerprint density at radius 1 is 1.25 bits per heavy atom. The Kier molecular flexibility index (Phi) is 6.72. The molecular weight excluding hydrogens is 356 g/mol. The normalized spacial score (nSPS) is 11.3. The van der Waals surface area contributed by atoms with Crippen molar-refractivity contribution in [3.05, 3.63) is 28.5 Å². The predicted molar refractivity (Wildman–Crippen MR) is 93.8 cm³/mol. The molecule has 1 aromatic heterocycles. The van der Waals surface area contributed by atoms with Gasteiger partial charge in [-0.25, -0.2) is 4.98 Å². The molecule has 0 amide bonds. The summed E-state index contributed by atoms with van der Waals surface area (Å²) < 4.78 is 3.33. The summed E-state index contributed by atoms with van der Waals surface area (Å²) in [7, 11) is 0. The first kappa shape index (κ1) is 16.2. The molecule has 0 N–H and O–H groups in total. The SMILES string of the molecule is CSCCCCCCn1c(CCl)nc2cc(Br)ccc21. The van der Waals surface area contributed by atoms with Gasteiger partial charge in [-0.1, -0.05) is 28.8 Å². The van der Waals surface area contributed by atoms with Crippen LogP contribution in [0.15, 0.2) is 22.7 Å². The maximum atomic E-state index is 6.03. The van der Waals surface area contributed by atoms with E-state index in [1.807, 2.05) is 11.8 Å². The van der Waals surface area contributed by atoms with Gasteiger partial charge in [-0.15, -0.1) is 11.6 Å². The summed E-state index contributed by atoms with van der Waals surface area (Å²) in [5.41, 5.74) is 2.21. The van der Waals surface area contributed by atoms with Gasteiger partial charge in [0.2, 0.25) is 0 Å². The molecule has 0 fully saturated rings. The molecule has 110 valence electrons. The van der Waals surface area contributed by atoms with Gasteiger partial charge in [-0.2, -0.15) is 11.8 Å². The lowest BCUT2D eigenvalue weighted by Crippen LogP contribution is -2.02. The van der Waals surface area contributed by atoms with Crippen molar-refractivity contribution in [1.29, 1.82) is 0 Å². The largest absolute Gasteiger partial charge is 0.327 e. The van der Waals surface area contributed by atoms with Crippen LogP contribution in [-0.2, 0) is 12.4 Å². The lowest BCUT2D eigenvalue weighted by atomic mass is 10.2. The zero-order valence-electron chi connectivity index (χ0n) is 11.7. The molecule has 0 radical (unpaired) electrons. The molecule has 0 aliphatic rings. The molecule has 1 heterocycles. The number of thioether (sulfide) groups is 1. The van der Waals surface area contributed by atoms with Crippen molar-refractivity contribution in [3.63, 3.8) is 0 Å². The molecule has 2 nitrogen and oxygen atoms in total. The van der Waals surface area contributed by atoms with E-state index in [-0.39, 0.29) is 0 Å². The van der Waals surface area contributed by atoms with E-state index in [1.165, 1.54) is 37.0 Å². The third-order valence-corrected chi connectivity index (χ3v) is 4.82. The molecular formula is C15H20BrClN2S. The van der Waals surface area contributed by atoms with Gasteiger partial charge in [0.25, 0.3) is 0 Å². The molecule has 0 unspecified atom stereocenters. The van der Waals surface area contributed by atoms with Crippen LogP contribution in [0.3, 0.4) is 0 Å². The number of aryl methyl sites for hydroxylation is 1. The molecule has 0 aliphatic carbocycles. The van der Waals surface area contributed by atoms with Crippen LogP contribution in [0.25, 0.3) is 11.0 Å². The maximum Gasteiger partial charge on any atom is 0.124 e. The van der Waals surface area contributed by atoms with E-state index in [0.717, 1.165) is 22.4 Å². The van der Waals surface area contributed by atoms with Gasteiger partial charge in [0.1, 0.15) is 5.82 Å². The number of fused-ring (bicyclic) bond motifs is 1. The van der Waals surface area contributed by atoms with E-state index in [0.29, 0.717) is 5.88 Å². The van der Waals surface area contributed by atoms with Crippen molar-refractivity contribution in [2.45, 2.75) is 38.1 Å². The number of hydrogen-bond acceptors (Lipinski definition) is 2. The number of imidazole rings is 1. The quantitative estimate of drug-likeness (QED) is 0.450. The summed E-state index contributed by atoms with van der Waals surface area (Å²) in [6.45, 7) is 1.01. The second-order valence-corrected chi connectivity index (χ2v) is 7.02. The standard InChI is InChI=1S/C15H20BrClN2S/c1-20-9-5-3-2-4-8-19-14-7-6-12(16)10-13(14)18-15(19)11-17/h6-7,10H,2-5,8-9,11H2,1H3. The number of nitrogens with zero attached hydrogens (tertiary/aromatic N) is 2. The van der Waals surface area contributed by atoms with Crippen LogP contribution in [0, 0.1) is 0 Å². The second kappa shape index (κ2) is 8.30. The van der Waals surface area contributed by atoms with Crippen LogP contribution in [0.4, 0.5) is 0 Å². The van der Waals surface area contributed by atoms with Crippen LogP contribution >= 0.6 is 39.3 Å². The van der Waals surface area contributed by atoms with Gasteiger partial charge >= 0.3 is 0 Å². The highest BCUT2D eigenvalue weighted by atomic mass is 79.9. The molecule has 0 spiro atoms. The summed E-state index contributed by atoms with van der Waals surface area (Å²) in [4.78, 5) is 4.62. The van der Waals surface area contributed by atoms with E-state index in [2.05, 4.69) is 49.9 Å². The molecule has 0 aliphatic heterocycles. The highest BCUT2D eigenvalue weighted by Crippen LogP contribution is 2.22. The third-order valence-electron chi connectivity index (χ3n) is 3.39. The van der Waals surface area contributed by atoms with Gasteiger partial charge < -0.3 is 4.57 Å². The van der Waals surface area contributed by atoms with Gasteiger partial charge in [0.15, 0.2) is 0 Å². The average molecular weight is 376 g/mol. The van der Waals surface area contributed by atoms with Crippen LogP contribution < -0.4 is 0 Å². The Morgan fingerprint density at radius 2 is 2.05 bits per heavy atom. The van der Waals surface area contributed by atoms with Gasteiger partial charge in [-0.05, 0) is 43.0 Å².